The van der Waals surface area contributed by atoms with Gasteiger partial charge in [-0.05, 0) is 25.7 Å². The van der Waals surface area contributed by atoms with Crippen LogP contribution in [0.25, 0.3) is 0 Å². The first-order chi connectivity index (χ1) is 11.3. The van der Waals surface area contributed by atoms with Gasteiger partial charge in [-0.3, -0.25) is 0 Å². The van der Waals surface area contributed by atoms with E-state index in [9.17, 15) is 35.1 Å². The van der Waals surface area contributed by atoms with Crippen molar-refractivity contribution in [2.24, 2.45) is 5.92 Å². The molecule has 0 radical (unpaired) electrons. The van der Waals surface area contributed by atoms with Gasteiger partial charge in [0.15, 0.2) is 0 Å². The highest BCUT2D eigenvalue weighted by molar-refractivity contribution is 5.03. The number of rotatable bonds is 13. The van der Waals surface area contributed by atoms with Gasteiger partial charge in [-0.25, -0.2) is 0 Å². The van der Waals surface area contributed by atoms with Gasteiger partial charge in [-0.15, -0.1) is 6.58 Å². The van der Waals surface area contributed by atoms with Gasteiger partial charge in [-0.2, -0.15) is 35.1 Å². The third kappa shape index (κ3) is 5.54. The number of unbranched alkanes of at least 4 members (excludes halogenated alkanes) is 2. The molecule has 0 aromatic carbocycles. The third-order valence-electron chi connectivity index (χ3n) is 3.85. The number of aliphatic hydroxyl groups is 2. The van der Waals surface area contributed by atoms with Crippen molar-refractivity contribution in [3.05, 3.63) is 12.7 Å². The van der Waals surface area contributed by atoms with Crippen LogP contribution in [0, 0.1) is 5.92 Å². The molecule has 0 aliphatic heterocycles. The van der Waals surface area contributed by atoms with Gasteiger partial charge in [0, 0.05) is 32.0 Å². The van der Waals surface area contributed by atoms with Gasteiger partial charge in [-0.1, -0.05) is 6.08 Å². The average molecular weight is 386 g/mol. The van der Waals surface area contributed by atoms with E-state index >= 15 is 0 Å². The second kappa shape index (κ2) is 9.16. The maximum Gasteiger partial charge on any atom is 0.378 e. The predicted molar refractivity (Wildman–Crippen MR) is 75.3 cm³/mol. The first kappa shape index (κ1) is 24.1. The molecular weight excluding hydrogens is 364 g/mol. The number of aliphatic hydroxyl groups excluding tert-OH is 2. The van der Waals surface area contributed by atoms with Crippen molar-refractivity contribution in [1.82, 2.24) is 0 Å². The van der Waals surface area contributed by atoms with Crippen molar-refractivity contribution in [2.75, 3.05) is 13.2 Å². The van der Waals surface area contributed by atoms with Crippen molar-refractivity contribution < 1.29 is 45.3 Å². The van der Waals surface area contributed by atoms with E-state index in [1.165, 1.54) is 6.08 Å². The summed E-state index contributed by atoms with van der Waals surface area (Å²) in [5.41, 5.74) is 0. The van der Waals surface area contributed by atoms with Crippen LogP contribution in [0.5, 0.6) is 0 Å². The second-order valence-corrected chi connectivity index (χ2v) is 5.86. The zero-order chi connectivity index (χ0) is 19.9. The first-order valence-corrected chi connectivity index (χ1v) is 7.64. The number of hydrogen-bond acceptors (Lipinski definition) is 2. The maximum absolute atomic E-state index is 13.6. The van der Waals surface area contributed by atoms with Gasteiger partial charge < -0.3 is 10.2 Å². The molecule has 0 atom stereocenters. The van der Waals surface area contributed by atoms with Crippen LogP contribution < -0.4 is 0 Å². The average Bonchev–Trinajstić information content (AvgIpc) is 2.52. The van der Waals surface area contributed by atoms with Crippen LogP contribution in [0.4, 0.5) is 35.1 Å². The van der Waals surface area contributed by atoms with E-state index in [0.717, 1.165) is 0 Å². The van der Waals surface area contributed by atoms with Crippen LogP contribution >= 0.6 is 0 Å². The van der Waals surface area contributed by atoms with Crippen molar-refractivity contribution >= 4 is 0 Å². The van der Waals surface area contributed by atoms with Crippen LogP contribution in [-0.4, -0.2) is 47.1 Å². The Labute approximate surface area is 140 Å². The number of allylic oxidation sites excluding steroid dienone is 1. The van der Waals surface area contributed by atoms with Gasteiger partial charge in [0.25, 0.3) is 0 Å². The molecule has 150 valence electrons. The van der Waals surface area contributed by atoms with Crippen LogP contribution in [-0.2, 0) is 0 Å². The lowest BCUT2D eigenvalue weighted by Gasteiger charge is -2.37. The molecule has 0 saturated carbocycles. The lowest BCUT2D eigenvalue weighted by molar-refractivity contribution is -0.368. The SMILES string of the molecule is C=CCCCCC(F)(F)C(F)(F)C(F)(F)C(F)(F)CCC(CO)CO. The molecule has 0 fully saturated rings. The molecule has 0 aliphatic rings. The van der Waals surface area contributed by atoms with Crippen molar-refractivity contribution in [3.8, 4) is 0 Å². The van der Waals surface area contributed by atoms with Gasteiger partial charge in [0.1, 0.15) is 0 Å². The standard InChI is InChI=1S/C15H22F8O2/c1-2-3-4-5-7-12(16,17)14(20,21)15(22,23)13(18,19)8-6-11(9-24)10-25/h2,11,24-25H,1,3-10H2. The van der Waals surface area contributed by atoms with Gasteiger partial charge in [0.2, 0.25) is 0 Å². The molecule has 25 heavy (non-hydrogen) atoms. The van der Waals surface area contributed by atoms with E-state index in [1.54, 1.807) is 0 Å². The van der Waals surface area contributed by atoms with Crippen LogP contribution in [0.1, 0.15) is 38.5 Å². The highest BCUT2D eigenvalue weighted by Gasteiger charge is 2.79. The normalized spacial score (nSPS) is 14.2. The smallest absolute Gasteiger partial charge is 0.378 e. The number of halogens is 8. The van der Waals surface area contributed by atoms with Gasteiger partial charge >= 0.3 is 23.7 Å². The lowest BCUT2D eigenvalue weighted by Crippen LogP contribution is -2.62. The molecule has 0 aromatic rings. The summed E-state index contributed by atoms with van der Waals surface area (Å²) in [4.78, 5) is 0. The molecule has 2 N–H and O–H groups in total. The summed E-state index contributed by atoms with van der Waals surface area (Å²) in [7, 11) is 0. The minimum Gasteiger partial charge on any atom is -0.396 e. The monoisotopic (exact) mass is 386 g/mol. The van der Waals surface area contributed by atoms with Crippen LogP contribution in [0.15, 0.2) is 12.7 Å². The summed E-state index contributed by atoms with van der Waals surface area (Å²) >= 11 is 0. The Kier molecular flexibility index (Phi) is 8.83. The fraction of sp³-hybridized carbons (Fsp3) is 0.867. The molecule has 0 bridgehead atoms. The third-order valence-corrected chi connectivity index (χ3v) is 3.85. The highest BCUT2D eigenvalue weighted by Crippen LogP contribution is 2.55. The number of alkyl halides is 8. The highest BCUT2D eigenvalue weighted by atomic mass is 19.4. The molecule has 0 unspecified atom stereocenters. The molecule has 2 nitrogen and oxygen atoms in total. The summed E-state index contributed by atoms with van der Waals surface area (Å²) in [6.45, 7) is 1.59. The minimum absolute atomic E-state index is 0.0220. The zero-order valence-corrected chi connectivity index (χ0v) is 13.4. The van der Waals surface area contributed by atoms with Gasteiger partial charge in [0.05, 0.1) is 0 Å². The molecule has 0 rings (SSSR count). The fourth-order valence-electron chi connectivity index (χ4n) is 2.03. The summed E-state index contributed by atoms with van der Waals surface area (Å²) in [5.74, 6) is -24.6. The Morgan fingerprint density at radius 3 is 1.60 bits per heavy atom. The predicted octanol–water partition coefficient (Wildman–Crippen LogP) is 4.66. The lowest BCUT2D eigenvalue weighted by atomic mass is 9.91. The van der Waals surface area contributed by atoms with Crippen molar-refractivity contribution in [1.29, 1.82) is 0 Å². The molecule has 10 heteroatoms. The fourth-order valence-corrected chi connectivity index (χ4v) is 2.03. The quantitative estimate of drug-likeness (QED) is 0.275. The largest absolute Gasteiger partial charge is 0.396 e. The Hall–Kier alpha value is -0.900. The Balaban J connectivity index is 5.22. The van der Waals surface area contributed by atoms with E-state index in [-0.39, 0.29) is 12.8 Å². The Morgan fingerprint density at radius 1 is 0.760 bits per heavy atom. The summed E-state index contributed by atoms with van der Waals surface area (Å²) in [6, 6.07) is 0. The van der Waals surface area contributed by atoms with Crippen LogP contribution in [0.3, 0.4) is 0 Å². The summed E-state index contributed by atoms with van der Waals surface area (Å²) in [5, 5.41) is 17.4. The summed E-state index contributed by atoms with van der Waals surface area (Å²) in [6.07, 6.45) is -3.56. The van der Waals surface area contributed by atoms with E-state index in [1.807, 2.05) is 0 Å². The topological polar surface area (TPSA) is 40.5 Å². The molecule has 0 saturated heterocycles. The molecule has 0 amide bonds. The maximum atomic E-state index is 13.6. The Bertz CT molecular complexity index is 408. The zero-order valence-electron chi connectivity index (χ0n) is 13.4. The van der Waals surface area contributed by atoms with Crippen molar-refractivity contribution in [3.63, 3.8) is 0 Å². The minimum atomic E-state index is -6.29. The molecule has 0 heterocycles. The van der Waals surface area contributed by atoms with Crippen molar-refractivity contribution in [2.45, 2.75) is 62.2 Å². The molecule has 0 aliphatic carbocycles. The first-order valence-electron chi connectivity index (χ1n) is 7.64. The van der Waals surface area contributed by atoms with E-state index < -0.39 is 68.5 Å². The second-order valence-electron chi connectivity index (χ2n) is 5.86. The van der Waals surface area contributed by atoms with E-state index in [0.29, 0.717) is 0 Å². The Morgan fingerprint density at radius 2 is 1.20 bits per heavy atom. The van der Waals surface area contributed by atoms with E-state index in [4.69, 9.17) is 10.2 Å². The number of hydrogen-bond donors (Lipinski definition) is 2. The van der Waals surface area contributed by atoms with E-state index in [2.05, 4.69) is 6.58 Å². The van der Waals surface area contributed by atoms with Crippen LogP contribution in [0.2, 0.25) is 0 Å². The molecular formula is C15H22F8O2. The molecule has 0 spiro atoms. The summed E-state index contributed by atoms with van der Waals surface area (Å²) < 4.78 is 108. The molecule has 0 aromatic heterocycles.